The van der Waals surface area contributed by atoms with Crippen molar-refractivity contribution >= 4 is 33.8 Å². The van der Waals surface area contributed by atoms with Gasteiger partial charge in [-0.1, -0.05) is 17.7 Å². The van der Waals surface area contributed by atoms with Crippen LogP contribution in [0.15, 0.2) is 28.9 Å². The van der Waals surface area contributed by atoms with Crippen molar-refractivity contribution in [2.75, 3.05) is 0 Å². The van der Waals surface area contributed by atoms with Gasteiger partial charge in [0, 0.05) is 10.7 Å². The Hall–Kier alpha value is -1.13. The van der Waals surface area contributed by atoms with E-state index in [4.69, 9.17) is 11.6 Å². The van der Waals surface area contributed by atoms with E-state index in [1.165, 1.54) is 0 Å². The van der Waals surface area contributed by atoms with Crippen LogP contribution in [0.4, 0.5) is 0 Å². The molecule has 3 nitrogen and oxygen atoms in total. The first-order chi connectivity index (χ1) is 7.63. The standard InChI is InChI=1S/C11H8BrClN2O/c1-7-10(13)5-15(14-7)11-4-2-3-9(12)8(11)6-16/h2-6H,1H3. The Morgan fingerprint density at radius 1 is 1.50 bits per heavy atom. The van der Waals surface area contributed by atoms with E-state index in [-0.39, 0.29) is 0 Å². The maximum atomic E-state index is 11.0. The van der Waals surface area contributed by atoms with E-state index in [0.717, 1.165) is 16.5 Å². The van der Waals surface area contributed by atoms with Gasteiger partial charge in [0.1, 0.15) is 0 Å². The largest absolute Gasteiger partial charge is 0.298 e. The second-order valence-corrected chi connectivity index (χ2v) is 4.56. The fraction of sp³-hybridized carbons (Fsp3) is 0.0909. The summed E-state index contributed by atoms with van der Waals surface area (Å²) in [7, 11) is 0. The monoisotopic (exact) mass is 298 g/mol. The van der Waals surface area contributed by atoms with Gasteiger partial charge >= 0.3 is 0 Å². The number of benzene rings is 1. The van der Waals surface area contributed by atoms with E-state index in [2.05, 4.69) is 21.0 Å². The number of carbonyl (C=O) groups is 1. The molecule has 0 aliphatic carbocycles. The summed E-state index contributed by atoms with van der Waals surface area (Å²) in [5, 5.41) is 4.82. The number of carbonyl (C=O) groups excluding carboxylic acids is 1. The Labute approximate surface area is 106 Å². The highest BCUT2D eigenvalue weighted by atomic mass is 79.9. The van der Waals surface area contributed by atoms with Crippen LogP contribution in [0.25, 0.3) is 5.69 Å². The Morgan fingerprint density at radius 3 is 2.81 bits per heavy atom. The van der Waals surface area contributed by atoms with Crippen LogP contribution in [0.5, 0.6) is 0 Å². The van der Waals surface area contributed by atoms with Crippen molar-refractivity contribution in [2.45, 2.75) is 6.92 Å². The Kier molecular flexibility index (Phi) is 3.12. The van der Waals surface area contributed by atoms with Crippen LogP contribution in [0.2, 0.25) is 5.02 Å². The molecule has 2 aromatic rings. The van der Waals surface area contributed by atoms with Crippen LogP contribution in [0.1, 0.15) is 16.1 Å². The smallest absolute Gasteiger partial charge is 0.153 e. The zero-order valence-corrected chi connectivity index (χ0v) is 10.8. The number of aldehydes is 1. The zero-order chi connectivity index (χ0) is 11.7. The van der Waals surface area contributed by atoms with Crippen molar-refractivity contribution < 1.29 is 4.79 Å². The third-order valence-electron chi connectivity index (χ3n) is 2.23. The first-order valence-electron chi connectivity index (χ1n) is 4.59. The zero-order valence-electron chi connectivity index (χ0n) is 8.45. The number of rotatable bonds is 2. The van der Waals surface area contributed by atoms with Crippen molar-refractivity contribution in [3.63, 3.8) is 0 Å². The van der Waals surface area contributed by atoms with Crippen LogP contribution in [0.3, 0.4) is 0 Å². The molecule has 1 aromatic carbocycles. The lowest BCUT2D eigenvalue weighted by molar-refractivity contribution is 0.112. The summed E-state index contributed by atoms with van der Waals surface area (Å²) >= 11 is 9.26. The minimum atomic E-state index is 0.557. The van der Waals surface area contributed by atoms with E-state index < -0.39 is 0 Å². The molecular weight excluding hydrogens is 291 g/mol. The topological polar surface area (TPSA) is 34.9 Å². The molecule has 0 amide bonds. The van der Waals surface area contributed by atoms with Gasteiger partial charge < -0.3 is 0 Å². The van der Waals surface area contributed by atoms with E-state index >= 15 is 0 Å². The van der Waals surface area contributed by atoms with E-state index in [1.807, 2.05) is 25.1 Å². The van der Waals surface area contributed by atoms with E-state index in [0.29, 0.717) is 16.3 Å². The molecule has 2 rings (SSSR count). The summed E-state index contributed by atoms with van der Waals surface area (Å²) in [5.74, 6) is 0. The van der Waals surface area contributed by atoms with Crippen LogP contribution in [-0.4, -0.2) is 16.1 Å². The number of halogens is 2. The maximum Gasteiger partial charge on any atom is 0.153 e. The van der Waals surface area contributed by atoms with Gasteiger partial charge in [-0.2, -0.15) is 5.10 Å². The van der Waals surface area contributed by atoms with Gasteiger partial charge in [-0.05, 0) is 35.0 Å². The van der Waals surface area contributed by atoms with E-state index in [9.17, 15) is 4.79 Å². The molecule has 0 bridgehead atoms. The third-order valence-corrected chi connectivity index (χ3v) is 3.30. The predicted molar refractivity (Wildman–Crippen MR) is 66.4 cm³/mol. The lowest BCUT2D eigenvalue weighted by Gasteiger charge is -2.05. The van der Waals surface area contributed by atoms with Gasteiger partial charge in [-0.15, -0.1) is 0 Å². The number of aryl methyl sites for hydroxylation is 1. The highest BCUT2D eigenvalue weighted by Crippen LogP contribution is 2.23. The lowest BCUT2D eigenvalue weighted by atomic mass is 10.2. The van der Waals surface area contributed by atoms with Crippen LogP contribution in [0, 0.1) is 6.92 Å². The fourth-order valence-electron chi connectivity index (χ4n) is 1.40. The van der Waals surface area contributed by atoms with Gasteiger partial charge in [0.2, 0.25) is 0 Å². The van der Waals surface area contributed by atoms with Gasteiger partial charge in [-0.25, -0.2) is 4.68 Å². The summed E-state index contributed by atoms with van der Waals surface area (Å²) in [6.45, 7) is 1.82. The first-order valence-corrected chi connectivity index (χ1v) is 5.76. The SMILES string of the molecule is Cc1nn(-c2cccc(Br)c2C=O)cc1Cl. The molecule has 0 radical (unpaired) electrons. The Balaban J connectivity index is 2.64. The van der Waals surface area contributed by atoms with Crippen LogP contribution >= 0.6 is 27.5 Å². The minimum Gasteiger partial charge on any atom is -0.298 e. The average Bonchev–Trinajstić information content (AvgIpc) is 2.59. The van der Waals surface area contributed by atoms with Crippen LogP contribution < -0.4 is 0 Å². The molecule has 0 saturated heterocycles. The number of aromatic nitrogens is 2. The molecule has 0 atom stereocenters. The van der Waals surface area contributed by atoms with Crippen molar-refractivity contribution in [3.05, 3.63) is 45.1 Å². The minimum absolute atomic E-state index is 0.557. The van der Waals surface area contributed by atoms with Gasteiger partial charge in [0.15, 0.2) is 6.29 Å². The molecule has 16 heavy (non-hydrogen) atoms. The molecule has 82 valence electrons. The molecule has 0 spiro atoms. The summed E-state index contributed by atoms with van der Waals surface area (Å²) in [5.41, 5.74) is 2.00. The number of hydrogen-bond acceptors (Lipinski definition) is 2. The molecule has 1 heterocycles. The molecule has 0 aliphatic rings. The molecule has 0 unspecified atom stereocenters. The van der Waals surface area contributed by atoms with Crippen molar-refractivity contribution in [3.8, 4) is 5.69 Å². The molecular formula is C11H8BrClN2O. The predicted octanol–water partition coefficient (Wildman–Crippen LogP) is 3.41. The van der Waals surface area contributed by atoms with Gasteiger partial charge in [-0.3, -0.25) is 4.79 Å². The number of hydrogen-bond donors (Lipinski definition) is 0. The highest BCUT2D eigenvalue weighted by molar-refractivity contribution is 9.10. The summed E-state index contributed by atoms with van der Waals surface area (Å²) in [6, 6.07) is 5.47. The fourth-order valence-corrected chi connectivity index (χ4v) is 1.98. The number of nitrogens with zero attached hydrogens (tertiary/aromatic N) is 2. The van der Waals surface area contributed by atoms with Crippen molar-refractivity contribution in [2.24, 2.45) is 0 Å². The lowest BCUT2D eigenvalue weighted by Crippen LogP contribution is -2.00. The van der Waals surface area contributed by atoms with Crippen LogP contribution in [-0.2, 0) is 0 Å². The van der Waals surface area contributed by atoms with Crippen molar-refractivity contribution in [1.29, 1.82) is 0 Å². The third kappa shape index (κ3) is 1.90. The second kappa shape index (κ2) is 4.39. The first kappa shape index (κ1) is 11.4. The molecule has 0 aliphatic heterocycles. The Morgan fingerprint density at radius 2 is 2.25 bits per heavy atom. The molecule has 1 aromatic heterocycles. The maximum absolute atomic E-state index is 11.0. The summed E-state index contributed by atoms with van der Waals surface area (Å²) in [4.78, 5) is 11.0. The molecule has 0 N–H and O–H groups in total. The summed E-state index contributed by atoms with van der Waals surface area (Å²) in [6.07, 6.45) is 2.48. The van der Waals surface area contributed by atoms with Gasteiger partial charge in [0.25, 0.3) is 0 Å². The van der Waals surface area contributed by atoms with Gasteiger partial charge in [0.05, 0.1) is 22.0 Å². The quantitative estimate of drug-likeness (QED) is 0.797. The van der Waals surface area contributed by atoms with Crippen molar-refractivity contribution in [1.82, 2.24) is 9.78 Å². The molecule has 0 saturated carbocycles. The molecule has 5 heteroatoms. The average molecular weight is 300 g/mol. The Bertz CT molecular complexity index is 531. The molecule has 0 fully saturated rings. The second-order valence-electron chi connectivity index (χ2n) is 3.30. The highest BCUT2D eigenvalue weighted by Gasteiger charge is 2.10. The normalized spacial score (nSPS) is 10.4. The van der Waals surface area contributed by atoms with E-state index in [1.54, 1.807) is 10.9 Å². The summed E-state index contributed by atoms with van der Waals surface area (Å²) < 4.78 is 2.34.